The van der Waals surface area contributed by atoms with Gasteiger partial charge in [-0.3, -0.25) is 14.4 Å². The van der Waals surface area contributed by atoms with Crippen molar-refractivity contribution in [3.8, 4) is 5.69 Å². The van der Waals surface area contributed by atoms with Crippen molar-refractivity contribution in [1.29, 1.82) is 0 Å². The molecule has 1 heterocycles. The number of carbonyl (C=O) groups excluding carboxylic acids is 2. The van der Waals surface area contributed by atoms with Crippen LogP contribution in [0.2, 0.25) is 0 Å². The van der Waals surface area contributed by atoms with Crippen LogP contribution in [0, 0.1) is 18.7 Å². The lowest BCUT2D eigenvalue weighted by Crippen LogP contribution is -2.31. The highest BCUT2D eigenvalue weighted by Crippen LogP contribution is 2.14. The van der Waals surface area contributed by atoms with Crippen LogP contribution in [-0.4, -0.2) is 21.6 Å². The van der Waals surface area contributed by atoms with Crippen molar-refractivity contribution < 1.29 is 14.0 Å². The standard InChI is InChI=1S/C23H23FN4O3/c1-14(2)22(30)26-17-10-8-16(9-11-17)13-25-23(31)21-20(29)12-15(3)28(27-21)19-7-5-4-6-18(19)24/h4-12,14H,13H2,1-3H3,(H,25,31)(H,26,30). The molecule has 160 valence electrons. The first-order valence-electron chi connectivity index (χ1n) is 9.80. The highest BCUT2D eigenvalue weighted by molar-refractivity contribution is 5.92. The Bertz CT molecular complexity index is 1170. The van der Waals surface area contributed by atoms with Crippen molar-refractivity contribution in [3.05, 3.63) is 87.6 Å². The molecule has 2 N–H and O–H groups in total. The minimum atomic E-state index is -0.660. The molecule has 3 aromatic rings. The van der Waals surface area contributed by atoms with E-state index < -0.39 is 17.2 Å². The van der Waals surface area contributed by atoms with E-state index in [-0.39, 0.29) is 29.8 Å². The lowest BCUT2D eigenvalue weighted by Gasteiger charge is -2.12. The molecule has 31 heavy (non-hydrogen) atoms. The Morgan fingerprint density at radius 1 is 1.10 bits per heavy atom. The van der Waals surface area contributed by atoms with E-state index in [2.05, 4.69) is 15.7 Å². The highest BCUT2D eigenvalue weighted by atomic mass is 19.1. The molecule has 0 spiro atoms. The minimum absolute atomic E-state index is 0.0855. The van der Waals surface area contributed by atoms with Crippen LogP contribution in [0.4, 0.5) is 10.1 Å². The van der Waals surface area contributed by atoms with Crippen LogP contribution in [-0.2, 0) is 11.3 Å². The molecule has 7 nitrogen and oxygen atoms in total. The molecule has 0 saturated heterocycles. The Morgan fingerprint density at radius 2 is 1.77 bits per heavy atom. The average molecular weight is 422 g/mol. The molecule has 0 aliphatic carbocycles. The van der Waals surface area contributed by atoms with Crippen LogP contribution in [0.1, 0.15) is 35.6 Å². The first-order valence-corrected chi connectivity index (χ1v) is 9.80. The van der Waals surface area contributed by atoms with Crippen LogP contribution >= 0.6 is 0 Å². The van der Waals surface area contributed by atoms with Crippen molar-refractivity contribution in [2.45, 2.75) is 27.3 Å². The van der Waals surface area contributed by atoms with Crippen molar-refractivity contribution in [1.82, 2.24) is 15.1 Å². The predicted octanol–water partition coefficient (Wildman–Crippen LogP) is 3.20. The molecule has 8 heteroatoms. The van der Waals surface area contributed by atoms with Crippen LogP contribution in [0.25, 0.3) is 5.69 Å². The van der Waals surface area contributed by atoms with Gasteiger partial charge in [0.2, 0.25) is 11.3 Å². The maximum Gasteiger partial charge on any atom is 0.276 e. The summed E-state index contributed by atoms with van der Waals surface area (Å²) in [5, 5.41) is 9.52. The summed E-state index contributed by atoms with van der Waals surface area (Å²) >= 11 is 0. The molecule has 0 atom stereocenters. The number of halogens is 1. The number of nitrogens with zero attached hydrogens (tertiary/aromatic N) is 2. The summed E-state index contributed by atoms with van der Waals surface area (Å²) in [6.07, 6.45) is 0. The fourth-order valence-electron chi connectivity index (χ4n) is 2.83. The third kappa shape index (κ3) is 5.22. The second-order valence-electron chi connectivity index (χ2n) is 7.39. The number of aromatic nitrogens is 2. The summed E-state index contributed by atoms with van der Waals surface area (Å²) in [7, 11) is 0. The summed E-state index contributed by atoms with van der Waals surface area (Å²) in [6.45, 7) is 5.38. The monoisotopic (exact) mass is 422 g/mol. The number of nitrogens with one attached hydrogen (secondary N) is 2. The van der Waals surface area contributed by atoms with Gasteiger partial charge in [0.1, 0.15) is 11.5 Å². The molecule has 0 bridgehead atoms. The summed E-state index contributed by atoms with van der Waals surface area (Å²) in [5.74, 6) is -1.39. The van der Waals surface area contributed by atoms with Gasteiger partial charge in [-0.05, 0) is 36.8 Å². The number of amides is 2. The van der Waals surface area contributed by atoms with E-state index in [1.165, 1.54) is 22.9 Å². The van der Waals surface area contributed by atoms with E-state index in [0.717, 1.165) is 5.56 Å². The van der Waals surface area contributed by atoms with Crippen LogP contribution < -0.4 is 16.1 Å². The normalized spacial score (nSPS) is 10.7. The number of para-hydroxylation sites is 1. The molecular formula is C23H23FN4O3. The molecule has 0 aliphatic heterocycles. The topological polar surface area (TPSA) is 93.1 Å². The van der Waals surface area contributed by atoms with Gasteiger partial charge in [0.25, 0.3) is 5.91 Å². The predicted molar refractivity (Wildman–Crippen MR) is 116 cm³/mol. The second-order valence-corrected chi connectivity index (χ2v) is 7.39. The van der Waals surface area contributed by atoms with Crippen molar-refractivity contribution in [2.24, 2.45) is 5.92 Å². The van der Waals surface area contributed by atoms with E-state index in [1.807, 2.05) is 0 Å². The van der Waals surface area contributed by atoms with E-state index in [4.69, 9.17) is 0 Å². The Morgan fingerprint density at radius 3 is 2.42 bits per heavy atom. The molecule has 0 fully saturated rings. The van der Waals surface area contributed by atoms with Crippen LogP contribution in [0.15, 0.2) is 59.4 Å². The van der Waals surface area contributed by atoms with Gasteiger partial charge in [-0.2, -0.15) is 5.10 Å². The lowest BCUT2D eigenvalue weighted by atomic mass is 10.1. The average Bonchev–Trinajstić information content (AvgIpc) is 2.74. The Kier molecular flexibility index (Phi) is 6.59. The maximum absolute atomic E-state index is 14.1. The molecule has 1 aromatic heterocycles. The number of hydrogen-bond donors (Lipinski definition) is 2. The highest BCUT2D eigenvalue weighted by Gasteiger charge is 2.16. The SMILES string of the molecule is Cc1cc(=O)c(C(=O)NCc2ccc(NC(=O)C(C)C)cc2)nn1-c1ccccc1F. The summed E-state index contributed by atoms with van der Waals surface area (Å²) in [6, 6.07) is 14.2. The van der Waals surface area contributed by atoms with E-state index >= 15 is 0 Å². The quantitative estimate of drug-likeness (QED) is 0.638. The van der Waals surface area contributed by atoms with Gasteiger partial charge in [-0.1, -0.05) is 38.1 Å². The molecule has 0 aliphatic rings. The van der Waals surface area contributed by atoms with Gasteiger partial charge in [-0.15, -0.1) is 0 Å². The van der Waals surface area contributed by atoms with Gasteiger partial charge in [0, 0.05) is 29.9 Å². The molecule has 3 rings (SSSR count). The molecule has 2 aromatic carbocycles. The lowest BCUT2D eigenvalue weighted by molar-refractivity contribution is -0.118. The number of carbonyl (C=O) groups is 2. The van der Waals surface area contributed by atoms with Crippen molar-refractivity contribution >= 4 is 17.5 Å². The number of anilines is 1. The van der Waals surface area contributed by atoms with Gasteiger partial charge >= 0.3 is 0 Å². The molecule has 0 saturated carbocycles. The zero-order valence-electron chi connectivity index (χ0n) is 17.5. The van der Waals surface area contributed by atoms with Crippen LogP contribution in [0.5, 0.6) is 0 Å². The number of benzene rings is 2. The maximum atomic E-state index is 14.1. The fraction of sp³-hybridized carbons (Fsp3) is 0.217. The molecule has 2 amide bonds. The van der Waals surface area contributed by atoms with E-state index in [9.17, 15) is 18.8 Å². The third-order valence-corrected chi connectivity index (χ3v) is 4.60. The smallest absolute Gasteiger partial charge is 0.276 e. The van der Waals surface area contributed by atoms with E-state index in [0.29, 0.717) is 11.4 Å². The van der Waals surface area contributed by atoms with Crippen LogP contribution in [0.3, 0.4) is 0 Å². The number of aryl methyl sites for hydroxylation is 1. The zero-order chi connectivity index (χ0) is 22.5. The van der Waals surface area contributed by atoms with Crippen molar-refractivity contribution in [2.75, 3.05) is 5.32 Å². The first kappa shape index (κ1) is 21.9. The Balaban J connectivity index is 1.74. The number of hydrogen-bond acceptors (Lipinski definition) is 4. The second kappa shape index (κ2) is 9.34. The summed E-state index contributed by atoms with van der Waals surface area (Å²) in [5.41, 5.74) is 1.11. The Hall–Kier alpha value is -3.81. The van der Waals surface area contributed by atoms with Gasteiger partial charge in [0.15, 0.2) is 5.69 Å². The summed E-state index contributed by atoms with van der Waals surface area (Å²) in [4.78, 5) is 36.6. The molecule has 0 unspecified atom stereocenters. The first-order chi connectivity index (χ1) is 14.8. The van der Waals surface area contributed by atoms with E-state index in [1.54, 1.807) is 57.2 Å². The third-order valence-electron chi connectivity index (χ3n) is 4.60. The van der Waals surface area contributed by atoms with Gasteiger partial charge in [0.05, 0.1) is 0 Å². The fourth-order valence-corrected chi connectivity index (χ4v) is 2.83. The molecule has 0 radical (unpaired) electrons. The number of rotatable bonds is 6. The largest absolute Gasteiger partial charge is 0.346 e. The van der Waals surface area contributed by atoms with Gasteiger partial charge in [-0.25, -0.2) is 9.07 Å². The van der Waals surface area contributed by atoms with Crippen molar-refractivity contribution in [3.63, 3.8) is 0 Å². The molecular weight excluding hydrogens is 399 g/mol. The van der Waals surface area contributed by atoms with Gasteiger partial charge < -0.3 is 10.6 Å². The minimum Gasteiger partial charge on any atom is -0.346 e. The zero-order valence-corrected chi connectivity index (χ0v) is 17.5. The Labute approximate surface area is 178 Å². The summed E-state index contributed by atoms with van der Waals surface area (Å²) < 4.78 is 15.4.